The monoisotopic (exact) mass is 751 g/mol. The third kappa shape index (κ3) is 8.43. The molecular weight excluding hydrogens is 706 g/mol. The Hall–Kier alpha value is -5.91. The molecule has 7 rings (SSSR count). The van der Waals surface area contributed by atoms with Gasteiger partial charge < -0.3 is 34.9 Å². The normalized spacial score (nSPS) is 19.1. The highest BCUT2D eigenvalue weighted by Crippen LogP contribution is 2.35. The lowest BCUT2D eigenvalue weighted by atomic mass is 10.0. The Morgan fingerprint density at radius 1 is 0.909 bits per heavy atom. The van der Waals surface area contributed by atoms with E-state index in [9.17, 15) is 14.7 Å². The quantitative estimate of drug-likeness (QED) is 0.0466. The van der Waals surface area contributed by atoms with Gasteiger partial charge in [-0.1, -0.05) is 48.5 Å². The van der Waals surface area contributed by atoms with Gasteiger partial charge in [0.1, 0.15) is 23.9 Å². The van der Waals surface area contributed by atoms with Crippen molar-refractivity contribution in [3.8, 4) is 33.6 Å². The second-order valence-electron chi connectivity index (χ2n) is 13.6. The molecule has 3 aromatic heterocycles. The molecule has 2 aliphatic heterocycles. The van der Waals surface area contributed by atoms with E-state index in [2.05, 4.69) is 99.0 Å². The molecule has 17 nitrogen and oxygen atoms in total. The number of alkyl carbamates (subject to hydrolysis) is 1. The molecule has 0 spiro atoms. The molecule has 5 N–H and O–H groups in total. The van der Waals surface area contributed by atoms with E-state index in [4.69, 9.17) is 9.72 Å². The van der Waals surface area contributed by atoms with Gasteiger partial charge in [-0.25, -0.2) is 19.8 Å². The van der Waals surface area contributed by atoms with Crippen molar-refractivity contribution in [1.29, 1.82) is 0 Å². The van der Waals surface area contributed by atoms with Crippen LogP contribution in [0, 0.1) is 0 Å². The molecule has 2 aliphatic rings. The number of methoxy groups -OCH3 is 1. The Bertz CT molecular complexity index is 2050. The zero-order valence-corrected chi connectivity index (χ0v) is 30.9. The van der Waals surface area contributed by atoms with Crippen molar-refractivity contribution in [2.45, 2.75) is 69.4 Å². The third-order valence-corrected chi connectivity index (χ3v) is 10.2. The van der Waals surface area contributed by atoms with Gasteiger partial charge >= 0.3 is 6.09 Å². The molecule has 0 bridgehead atoms. The highest BCUT2D eigenvalue weighted by molar-refractivity contribution is 5.83. The lowest BCUT2D eigenvalue weighted by molar-refractivity contribution is -0.188. The summed E-state index contributed by atoms with van der Waals surface area (Å²) in [5.41, 5.74) is 6.46. The van der Waals surface area contributed by atoms with Crippen molar-refractivity contribution in [2.75, 3.05) is 27.3 Å². The van der Waals surface area contributed by atoms with E-state index < -0.39 is 24.4 Å². The van der Waals surface area contributed by atoms with Gasteiger partial charge in [0, 0.05) is 19.5 Å². The molecule has 5 heterocycles. The SMILES string of the molecule is COOC=N[C@@H](C)C(=O)N1CCC[C@H]1c1ncc(-c2ccc(-c3ccc(-c4cnc([C@@H]5CCCN5C(O)[C@@H](Cc5cn[nH]n5)NC(=O)OC)[nH]4)cc3)cc2)[nH]1. The number of ether oxygens (including phenoxy) is 1. The lowest BCUT2D eigenvalue weighted by Gasteiger charge is -2.33. The topological polar surface area (TPSA) is 212 Å². The van der Waals surface area contributed by atoms with Crippen molar-refractivity contribution in [3.63, 3.8) is 0 Å². The Morgan fingerprint density at radius 2 is 1.51 bits per heavy atom. The van der Waals surface area contributed by atoms with Crippen LogP contribution in [0.5, 0.6) is 0 Å². The summed E-state index contributed by atoms with van der Waals surface area (Å²) in [6, 6.07) is 15.0. The molecular formula is C38H45N11O6. The van der Waals surface area contributed by atoms with Gasteiger partial charge in [0.2, 0.25) is 12.3 Å². The number of aromatic nitrogens is 7. The fourth-order valence-corrected chi connectivity index (χ4v) is 7.39. The summed E-state index contributed by atoms with van der Waals surface area (Å²) in [6.07, 6.45) is 8.33. The number of imidazole rings is 2. The predicted molar refractivity (Wildman–Crippen MR) is 201 cm³/mol. The van der Waals surface area contributed by atoms with Crippen LogP contribution in [0.15, 0.2) is 72.1 Å². The molecule has 1 unspecified atom stereocenters. The molecule has 5 aromatic rings. The Balaban J connectivity index is 0.991. The number of nitrogens with one attached hydrogen (secondary N) is 4. The van der Waals surface area contributed by atoms with E-state index in [1.807, 2.05) is 22.2 Å². The first-order chi connectivity index (χ1) is 26.8. The predicted octanol–water partition coefficient (Wildman–Crippen LogP) is 4.33. The zero-order chi connectivity index (χ0) is 38.3. The number of H-pyrrole nitrogens is 3. The number of amides is 2. The zero-order valence-electron chi connectivity index (χ0n) is 30.9. The van der Waals surface area contributed by atoms with Gasteiger partial charge in [-0.3, -0.25) is 9.69 Å². The van der Waals surface area contributed by atoms with E-state index in [0.29, 0.717) is 18.8 Å². The summed E-state index contributed by atoms with van der Waals surface area (Å²) in [5.74, 6) is 1.41. The molecule has 288 valence electrons. The highest BCUT2D eigenvalue weighted by Gasteiger charge is 2.38. The smallest absolute Gasteiger partial charge is 0.407 e. The number of nitrogens with zero attached hydrogens (tertiary/aromatic N) is 7. The van der Waals surface area contributed by atoms with Gasteiger partial charge in [-0.05, 0) is 54.9 Å². The summed E-state index contributed by atoms with van der Waals surface area (Å²) in [7, 11) is 2.67. The van der Waals surface area contributed by atoms with Crippen LogP contribution in [-0.2, 0) is 25.7 Å². The van der Waals surface area contributed by atoms with Crippen molar-refractivity contribution in [2.24, 2.45) is 4.99 Å². The van der Waals surface area contributed by atoms with Crippen LogP contribution in [0.4, 0.5) is 4.79 Å². The van der Waals surface area contributed by atoms with E-state index in [-0.39, 0.29) is 24.4 Å². The second-order valence-corrected chi connectivity index (χ2v) is 13.6. The Morgan fingerprint density at radius 3 is 2.11 bits per heavy atom. The lowest BCUT2D eigenvalue weighted by Crippen LogP contribution is -2.52. The molecule has 5 atom stereocenters. The summed E-state index contributed by atoms with van der Waals surface area (Å²) in [6.45, 7) is 3.01. The van der Waals surface area contributed by atoms with E-state index >= 15 is 0 Å². The summed E-state index contributed by atoms with van der Waals surface area (Å²) in [4.78, 5) is 58.6. The molecule has 2 amide bonds. The van der Waals surface area contributed by atoms with Crippen LogP contribution < -0.4 is 5.32 Å². The minimum Gasteiger partial charge on any atom is -0.453 e. The van der Waals surface area contributed by atoms with E-state index in [1.165, 1.54) is 14.2 Å². The number of aliphatic hydroxyl groups excluding tert-OH is 1. The fraction of sp³-hybridized carbons (Fsp3) is 0.395. The minimum atomic E-state index is -1.01. The number of hydrogen-bond donors (Lipinski definition) is 5. The van der Waals surface area contributed by atoms with Gasteiger partial charge in [-0.2, -0.15) is 20.3 Å². The molecule has 2 fully saturated rings. The van der Waals surface area contributed by atoms with Crippen LogP contribution in [-0.4, -0.2) is 114 Å². The number of rotatable bonds is 14. The maximum atomic E-state index is 13.1. The molecule has 0 aliphatic carbocycles. The van der Waals surface area contributed by atoms with Gasteiger partial charge in [0.15, 0.2) is 0 Å². The van der Waals surface area contributed by atoms with Crippen LogP contribution in [0.25, 0.3) is 33.6 Å². The molecule has 2 aromatic carbocycles. The van der Waals surface area contributed by atoms with Crippen molar-refractivity contribution in [3.05, 3.63) is 84.5 Å². The van der Waals surface area contributed by atoms with Gasteiger partial charge in [-0.15, -0.1) is 0 Å². The number of aromatic amines is 3. The largest absolute Gasteiger partial charge is 0.453 e. The number of aliphatic imine (C=N–C) groups is 1. The number of benzene rings is 2. The van der Waals surface area contributed by atoms with Crippen LogP contribution >= 0.6 is 0 Å². The number of aliphatic hydroxyl groups is 1. The van der Waals surface area contributed by atoms with Crippen LogP contribution in [0.2, 0.25) is 0 Å². The van der Waals surface area contributed by atoms with Crippen molar-refractivity contribution >= 4 is 18.4 Å². The molecule has 17 heteroatoms. The van der Waals surface area contributed by atoms with E-state index in [0.717, 1.165) is 77.4 Å². The van der Waals surface area contributed by atoms with Crippen molar-refractivity contribution < 1.29 is 29.2 Å². The number of carbonyl (C=O) groups is 2. The van der Waals surface area contributed by atoms with Gasteiger partial charge in [0.25, 0.3) is 0 Å². The second kappa shape index (κ2) is 17.0. The Labute approximate surface area is 317 Å². The van der Waals surface area contributed by atoms with E-state index in [1.54, 1.807) is 13.1 Å². The maximum absolute atomic E-state index is 13.1. The standard InChI is InChI=1S/C38H45N11O6/c1-23(41-22-55-54-3)36(50)48-16-4-6-32(48)34-39-20-30(43-34)26-12-8-24(9-13-26)25-10-14-27(15-11-25)31-21-40-35(44-31)33-7-5-17-49(33)37(51)29(45-38(52)53-2)18-28-19-42-47-46-28/h8-15,19-23,29,32-33,37,51H,4-7,16-18H2,1-3H3,(H,39,43)(H,40,44)(H,45,52)(H,42,46,47)/t23-,29+,32-,33-,37?/m0/s1. The minimum absolute atomic E-state index is 0.0872. The Kier molecular flexibility index (Phi) is 11.6. The first kappa shape index (κ1) is 37.4. The molecule has 55 heavy (non-hydrogen) atoms. The average Bonchev–Trinajstić information content (AvgIpc) is 4.07. The number of likely N-dealkylation sites (tertiary alicyclic amines) is 2. The maximum Gasteiger partial charge on any atom is 0.407 e. The summed E-state index contributed by atoms with van der Waals surface area (Å²) in [5, 5.41) is 24.7. The van der Waals surface area contributed by atoms with Crippen LogP contribution in [0.3, 0.4) is 0 Å². The average molecular weight is 752 g/mol. The summed E-state index contributed by atoms with van der Waals surface area (Å²) < 4.78 is 4.81. The molecule has 0 saturated carbocycles. The number of hydrogen-bond acceptors (Lipinski definition) is 12. The van der Waals surface area contributed by atoms with Gasteiger partial charge in [0.05, 0.1) is 68.0 Å². The molecule has 2 saturated heterocycles. The first-order valence-electron chi connectivity index (χ1n) is 18.3. The summed E-state index contributed by atoms with van der Waals surface area (Å²) >= 11 is 0. The van der Waals surface area contributed by atoms with Crippen LogP contribution in [0.1, 0.15) is 62.0 Å². The van der Waals surface area contributed by atoms with Crippen molar-refractivity contribution in [1.82, 2.24) is 50.5 Å². The molecule has 0 radical (unpaired) electrons. The fourth-order valence-electron chi connectivity index (χ4n) is 7.39. The first-order valence-corrected chi connectivity index (χ1v) is 18.3. The highest BCUT2D eigenvalue weighted by atomic mass is 17.2. The number of carbonyl (C=O) groups excluding carboxylic acids is 2. The third-order valence-electron chi connectivity index (χ3n) is 10.2.